The highest BCUT2D eigenvalue weighted by atomic mass is 32.1. The predicted molar refractivity (Wildman–Crippen MR) is 109 cm³/mol. The van der Waals surface area contributed by atoms with E-state index in [0.29, 0.717) is 22.9 Å². The summed E-state index contributed by atoms with van der Waals surface area (Å²) in [4.78, 5) is 14.8. The van der Waals surface area contributed by atoms with Gasteiger partial charge in [-0.25, -0.2) is 4.98 Å². The highest BCUT2D eigenvalue weighted by Gasteiger charge is 2.11. The standard InChI is InChI=1S/C20H16N4O3S/c1-2-27-18-9-5-16(6-10-18)22-12-15(11-21)20-23-19(13-28-20)14-3-7-17(8-4-14)24(25)26/h3-10,12-13,22H,2H2,1H3. The molecule has 0 spiro atoms. The largest absolute Gasteiger partial charge is 0.494 e. The quantitative estimate of drug-likeness (QED) is 0.341. The van der Waals surface area contributed by atoms with E-state index >= 15 is 0 Å². The van der Waals surface area contributed by atoms with Crippen LogP contribution in [0.25, 0.3) is 16.8 Å². The average molecular weight is 392 g/mol. The molecule has 0 amide bonds. The number of hydrogen-bond acceptors (Lipinski definition) is 7. The SMILES string of the molecule is CCOc1ccc(NC=C(C#N)c2nc(-c3ccc([N+](=O)[O-])cc3)cs2)cc1. The molecule has 140 valence electrons. The van der Waals surface area contributed by atoms with Gasteiger partial charge in [0.2, 0.25) is 0 Å². The number of anilines is 1. The second kappa shape index (κ2) is 8.79. The number of aromatic nitrogens is 1. The van der Waals surface area contributed by atoms with Crippen molar-refractivity contribution >= 4 is 28.3 Å². The third-order valence-electron chi connectivity index (χ3n) is 3.78. The van der Waals surface area contributed by atoms with E-state index in [0.717, 1.165) is 17.0 Å². The van der Waals surface area contributed by atoms with Gasteiger partial charge in [0.1, 0.15) is 22.4 Å². The lowest BCUT2D eigenvalue weighted by atomic mass is 10.1. The molecule has 0 aliphatic carbocycles. The number of nitro benzene ring substituents is 1. The molecule has 1 heterocycles. The van der Waals surface area contributed by atoms with Crippen LogP contribution in [0.15, 0.2) is 60.1 Å². The molecule has 1 aromatic heterocycles. The van der Waals surface area contributed by atoms with E-state index in [1.165, 1.54) is 23.5 Å². The van der Waals surface area contributed by atoms with Crippen LogP contribution in [-0.2, 0) is 0 Å². The highest BCUT2D eigenvalue weighted by molar-refractivity contribution is 7.11. The van der Waals surface area contributed by atoms with Gasteiger partial charge in [0.25, 0.3) is 5.69 Å². The van der Waals surface area contributed by atoms with Gasteiger partial charge in [-0.2, -0.15) is 5.26 Å². The first-order valence-electron chi connectivity index (χ1n) is 8.41. The third kappa shape index (κ3) is 4.52. The molecule has 0 saturated carbocycles. The number of allylic oxidation sites excluding steroid dienone is 1. The fourth-order valence-electron chi connectivity index (χ4n) is 2.40. The van der Waals surface area contributed by atoms with Gasteiger partial charge in [0.15, 0.2) is 0 Å². The van der Waals surface area contributed by atoms with E-state index in [-0.39, 0.29) is 5.69 Å². The Hall–Kier alpha value is -3.70. The summed E-state index contributed by atoms with van der Waals surface area (Å²) in [5.41, 5.74) is 2.66. The number of hydrogen-bond donors (Lipinski definition) is 1. The summed E-state index contributed by atoms with van der Waals surface area (Å²) < 4.78 is 5.40. The van der Waals surface area contributed by atoms with Gasteiger partial charge in [0.05, 0.1) is 17.2 Å². The van der Waals surface area contributed by atoms with Crippen LogP contribution < -0.4 is 10.1 Å². The van der Waals surface area contributed by atoms with Gasteiger partial charge in [0, 0.05) is 35.0 Å². The maximum atomic E-state index is 10.8. The molecule has 1 N–H and O–H groups in total. The Bertz CT molecular complexity index is 1030. The summed E-state index contributed by atoms with van der Waals surface area (Å²) in [6, 6.07) is 15.7. The molecule has 2 aromatic carbocycles. The van der Waals surface area contributed by atoms with Crippen LogP contribution in [0.2, 0.25) is 0 Å². The number of nitrogens with zero attached hydrogens (tertiary/aromatic N) is 3. The first-order chi connectivity index (χ1) is 13.6. The molecule has 3 rings (SSSR count). The van der Waals surface area contributed by atoms with Crippen LogP contribution in [0.3, 0.4) is 0 Å². The number of benzene rings is 2. The van der Waals surface area contributed by atoms with Crippen LogP contribution in [0, 0.1) is 21.4 Å². The number of thiazole rings is 1. The molecule has 7 nitrogen and oxygen atoms in total. The minimum Gasteiger partial charge on any atom is -0.494 e. The normalized spacial score (nSPS) is 10.9. The van der Waals surface area contributed by atoms with Gasteiger partial charge in [-0.05, 0) is 43.3 Å². The average Bonchev–Trinajstić information content (AvgIpc) is 3.20. The zero-order valence-electron chi connectivity index (χ0n) is 15.0. The summed E-state index contributed by atoms with van der Waals surface area (Å²) in [6.45, 7) is 2.53. The molecule has 0 aliphatic heterocycles. The summed E-state index contributed by atoms with van der Waals surface area (Å²) in [5.74, 6) is 0.783. The van der Waals surface area contributed by atoms with Gasteiger partial charge in [-0.3, -0.25) is 10.1 Å². The Labute approximate surface area is 165 Å². The van der Waals surface area contributed by atoms with Crippen molar-refractivity contribution in [1.29, 1.82) is 5.26 Å². The Balaban J connectivity index is 1.75. The van der Waals surface area contributed by atoms with Crippen molar-refractivity contribution in [1.82, 2.24) is 4.98 Å². The summed E-state index contributed by atoms with van der Waals surface area (Å²) in [7, 11) is 0. The number of nitro groups is 1. The number of ether oxygens (including phenoxy) is 1. The van der Waals surface area contributed by atoms with Crippen LogP contribution in [-0.4, -0.2) is 16.5 Å². The maximum absolute atomic E-state index is 10.8. The molecule has 8 heteroatoms. The minimum atomic E-state index is -0.445. The lowest BCUT2D eigenvalue weighted by Crippen LogP contribution is -1.93. The predicted octanol–water partition coefficient (Wildman–Crippen LogP) is 5.09. The Kier molecular flexibility index (Phi) is 5.99. The molecule has 3 aromatic rings. The van der Waals surface area contributed by atoms with Crippen molar-refractivity contribution in [3.63, 3.8) is 0 Å². The molecule has 0 saturated heterocycles. The van der Waals surface area contributed by atoms with E-state index in [1.807, 2.05) is 36.6 Å². The number of non-ortho nitro benzene ring substituents is 1. The molecule has 0 atom stereocenters. The molecular formula is C20H16N4O3S. The highest BCUT2D eigenvalue weighted by Crippen LogP contribution is 2.27. The Morgan fingerprint density at radius 3 is 2.61 bits per heavy atom. The van der Waals surface area contributed by atoms with Gasteiger partial charge in [-0.15, -0.1) is 11.3 Å². The Morgan fingerprint density at radius 2 is 2.00 bits per heavy atom. The van der Waals surface area contributed by atoms with Crippen LogP contribution in [0.1, 0.15) is 11.9 Å². The van der Waals surface area contributed by atoms with Crippen molar-refractivity contribution in [3.8, 4) is 23.1 Å². The second-order valence-corrected chi connectivity index (χ2v) is 6.47. The monoisotopic (exact) mass is 392 g/mol. The van der Waals surface area contributed by atoms with E-state index in [9.17, 15) is 15.4 Å². The second-order valence-electron chi connectivity index (χ2n) is 5.61. The molecule has 0 bridgehead atoms. The summed E-state index contributed by atoms with van der Waals surface area (Å²) in [6.07, 6.45) is 1.61. The molecule has 0 fully saturated rings. The molecular weight excluding hydrogens is 376 g/mol. The van der Waals surface area contributed by atoms with Crippen LogP contribution in [0.5, 0.6) is 5.75 Å². The fraction of sp³-hybridized carbons (Fsp3) is 0.100. The van der Waals surface area contributed by atoms with Crippen LogP contribution >= 0.6 is 11.3 Å². The van der Waals surface area contributed by atoms with E-state index in [2.05, 4.69) is 16.4 Å². The molecule has 0 aliphatic rings. The zero-order chi connectivity index (χ0) is 19.9. The van der Waals surface area contributed by atoms with Crippen molar-refractivity contribution in [2.75, 3.05) is 11.9 Å². The molecule has 0 radical (unpaired) electrons. The summed E-state index contributed by atoms with van der Waals surface area (Å²) in [5, 5.41) is 25.7. The van der Waals surface area contributed by atoms with Crippen molar-refractivity contribution in [3.05, 3.63) is 75.2 Å². The maximum Gasteiger partial charge on any atom is 0.269 e. The summed E-state index contributed by atoms with van der Waals surface area (Å²) >= 11 is 1.34. The van der Waals surface area contributed by atoms with E-state index < -0.39 is 4.92 Å². The fourth-order valence-corrected chi connectivity index (χ4v) is 3.19. The minimum absolute atomic E-state index is 0.0244. The zero-order valence-corrected chi connectivity index (χ0v) is 15.8. The van der Waals surface area contributed by atoms with E-state index in [4.69, 9.17) is 4.74 Å². The Morgan fingerprint density at radius 1 is 1.29 bits per heavy atom. The number of nitrogens with one attached hydrogen (secondary N) is 1. The lowest BCUT2D eigenvalue weighted by molar-refractivity contribution is -0.384. The first kappa shape index (κ1) is 19.1. The van der Waals surface area contributed by atoms with Crippen molar-refractivity contribution in [2.24, 2.45) is 0 Å². The first-order valence-corrected chi connectivity index (χ1v) is 9.29. The molecule has 0 unspecified atom stereocenters. The number of nitriles is 1. The number of rotatable bonds is 7. The third-order valence-corrected chi connectivity index (χ3v) is 4.65. The topological polar surface area (TPSA) is 101 Å². The van der Waals surface area contributed by atoms with Crippen molar-refractivity contribution in [2.45, 2.75) is 6.92 Å². The lowest BCUT2D eigenvalue weighted by Gasteiger charge is -2.05. The van der Waals surface area contributed by atoms with Gasteiger partial charge >= 0.3 is 0 Å². The van der Waals surface area contributed by atoms with Crippen molar-refractivity contribution < 1.29 is 9.66 Å². The van der Waals surface area contributed by atoms with Gasteiger partial charge < -0.3 is 10.1 Å². The smallest absolute Gasteiger partial charge is 0.269 e. The molecule has 28 heavy (non-hydrogen) atoms. The van der Waals surface area contributed by atoms with Crippen LogP contribution in [0.4, 0.5) is 11.4 Å². The van der Waals surface area contributed by atoms with Gasteiger partial charge in [-0.1, -0.05) is 0 Å². The van der Waals surface area contributed by atoms with E-state index in [1.54, 1.807) is 18.3 Å².